The molecule has 0 amide bonds. The van der Waals surface area contributed by atoms with E-state index < -0.39 is 12.0 Å². The molecule has 1 fully saturated rings. The lowest BCUT2D eigenvalue weighted by molar-refractivity contribution is -0.142. The van der Waals surface area contributed by atoms with Crippen LogP contribution in [0.3, 0.4) is 0 Å². The van der Waals surface area contributed by atoms with Crippen molar-refractivity contribution in [2.24, 2.45) is 0 Å². The van der Waals surface area contributed by atoms with Crippen LogP contribution in [0, 0.1) is 0 Å². The SMILES string of the molecule is COc1ccc(OC)c(C(=O)CCN2CCCC2C(=O)O)c1. The maximum absolute atomic E-state index is 12.4. The Hall–Kier alpha value is -2.08. The van der Waals surface area contributed by atoms with Gasteiger partial charge in [-0.2, -0.15) is 0 Å². The molecule has 22 heavy (non-hydrogen) atoms. The first-order valence-corrected chi connectivity index (χ1v) is 7.29. The zero-order valence-corrected chi connectivity index (χ0v) is 12.9. The Morgan fingerprint density at radius 2 is 2.09 bits per heavy atom. The van der Waals surface area contributed by atoms with Crippen LogP contribution in [0.1, 0.15) is 29.6 Å². The third-order valence-electron chi connectivity index (χ3n) is 3.98. The summed E-state index contributed by atoms with van der Waals surface area (Å²) in [4.78, 5) is 25.4. The van der Waals surface area contributed by atoms with E-state index >= 15 is 0 Å². The van der Waals surface area contributed by atoms with Crippen LogP contribution < -0.4 is 9.47 Å². The molecule has 6 nitrogen and oxygen atoms in total. The van der Waals surface area contributed by atoms with Crippen LogP contribution in [0.25, 0.3) is 0 Å². The van der Waals surface area contributed by atoms with Crippen molar-refractivity contribution in [1.82, 2.24) is 4.90 Å². The van der Waals surface area contributed by atoms with Gasteiger partial charge in [-0.05, 0) is 37.6 Å². The Kier molecular flexibility index (Phi) is 5.38. The second kappa shape index (κ2) is 7.26. The van der Waals surface area contributed by atoms with Gasteiger partial charge in [0.2, 0.25) is 0 Å². The molecule has 2 rings (SSSR count). The van der Waals surface area contributed by atoms with Crippen LogP contribution in [-0.2, 0) is 4.79 Å². The highest BCUT2D eigenvalue weighted by molar-refractivity contribution is 5.99. The summed E-state index contributed by atoms with van der Waals surface area (Å²) < 4.78 is 10.3. The molecule has 1 atom stereocenters. The van der Waals surface area contributed by atoms with E-state index in [0.717, 1.165) is 13.0 Å². The largest absolute Gasteiger partial charge is 0.497 e. The number of carboxylic acid groups (broad SMARTS) is 1. The van der Waals surface area contributed by atoms with Gasteiger partial charge in [0, 0.05) is 13.0 Å². The number of nitrogens with zero attached hydrogens (tertiary/aromatic N) is 1. The number of hydrogen-bond acceptors (Lipinski definition) is 5. The molecule has 0 aliphatic carbocycles. The van der Waals surface area contributed by atoms with Crippen molar-refractivity contribution in [2.45, 2.75) is 25.3 Å². The van der Waals surface area contributed by atoms with Gasteiger partial charge in [0.25, 0.3) is 0 Å². The molecule has 0 saturated carbocycles. The van der Waals surface area contributed by atoms with Gasteiger partial charge in [-0.25, -0.2) is 0 Å². The molecule has 0 spiro atoms. The molecular weight excluding hydrogens is 286 g/mol. The van der Waals surface area contributed by atoms with Crippen LogP contribution in [-0.4, -0.2) is 55.1 Å². The average Bonchev–Trinajstić information content (AvgIpc) is 3.00. The van der Waals surface area contributed by atoms with Gasteiger partial charge in [-0.15, -0.1) is 0 Å². The van der Waals surface area contributed by atoms with Crippen molar-refractivity contribution < 1.29 is 24.2 Å². The van der Waals surface area contributed by atoms with E-state index in [-0.39, 0.29) is 12.2 Å². The summed E-state index contributed by atoms with van der Waals surface area (Å²) in [7, 11) is 3.05. The van der Waals surface area contributed by atoms with E-state index in [1.54, 1.807) is 18.2 Å². The molecule has 120 valence electrons. The van der Waals surface area contributed by atoms with Crippen molar-refractivity contribution in [3.63, 3.8) is 0 Å². The first-order valence-electron chi connectivity index (χ1n) is 7.29. The molecule has 1 heterocycles. The molecule has 1 aromatic rings. The van der Waals surface area contributed by atoms with E-state index in [2.05, 4.69) is 0 Å². The number of hydrogen-bond donors (Lipinski definition) is 1. The summed E-state index contributed by atoms with van der Waals surface area (Å²) in [5, 5.41) is 9.15. The zero-order chi connectivity index (χ0) is 16.1. The molecule has 0 aromatic heterocycles. The number of ether oxygens (including phenoxy) is 2. The number of methoxy groups -OCH3 is 2. The van der Waals surface area contributed by atoms with Crippen LogP contribution in [0.4, 0.5) is 0 Å². The lowest BCUT2D eigenvalue weighted by atomic mass is 10.1. The fourth-order valence-corrected chi connectivity index (χ4v) is 2.79. The molecule has 0 radical (unpaired) electrons. The second-order valence-electron chi connectivity index (χ2n) is 5.27. The number of benzene rings is 1. The average molecular weight is 307 g/mol. The molecular formula is C16H21NO5. The number of likely N-dealkylation sites (tertiary alicyclic amines) is 1. The van der Waals surface area contributed by atoms with Gasteiger partial charge in [-0.1, -0.05) is 0 Å². The smallest absolute Gasteiger partial charge is 0.320 e. The van der Waals surface area contributed by atoms with Gasteiger partial charge in [0.1, 0.15) is 17.5 Å². The summed E-state index contributed by atoms with van der Waals surface area (Å²) in [5.41, 5.74) is 0.466. The number of ketones is 1. The molecule has 1 aliphatic rings. The van der Waals surface area contributed by atoms with E-state index in [1.807, 2.05) is 4.90 Å². The standard InChI is InChI=1S/C16H21NO5/c1-21-11-5-6-15(22-2)12(10-11)14(18)7-9-17-8-3-4-13(17)16(19)20/h5-6,10,13H,3-4,7-9H2,1-2H3,(H,19,20). The number of aliphatic carboxylic acids is 1. The summed E-state index contributed by atoms with van der Waals surface area (Å²) in [5.74, 6) is 0.200. The van der Waals surface area contributed by atoms with E-state index in [9.17, 15) is 9.59 Å². The maximum Gasteiger partial charge on any atom is 0.320 e. The van der Waals surface area contributed by atoms with Crippen molar-refractivity contribution >= 4 is 11.8 Å². The Morgan fingerprint density at radius 1 is 1.32 bits per heavy atom. The van der Waals surface area contributed by atoms with Crippen molar-refractivity contribution in [3.8, 4) is 11.5 Å². The minimum Gasteiger partial charge on any atom is -0.497 e. The zero-order valence-electron chi connectivity index (χ0n) is 12.9. The third-order valence-corrected chi connectivity index (χ3v) is 3.98. The molecule has 1 N–H and O–H groups in total. The van der Waals surface area contributed by atoms with Gasteiger partial charge in [0.15, 0.2) is 5.78 Å². The van der Waals surface area contributed by atoms with Crippen molar-refractivity contribution in [2.75, 3.05) is 27.3 Å². The highest BCUT2D eigenvalue weighted by Crippen LogP contribution is 2.26. The van der Waals surface area contributed by atoms with Gasteiger partial charge < -0.3 is 14.6 Å². The third kappa shape index (κ3) is 3.57. The van der Waals surface area contributed by atoms with Gasteiger partial charge in [0.05, 0.1) is 19.8 Å². The number of carbonyl (C=O) groups is 2. The van der Waals surface area contributed by atoms with Gasteiger partial charge >= 0.3 is 5.97 Å². The van der Waals surface area contributed by atoms with Crippen molar-refractivity contribution in [1.29, 1.82) is 0 Å². The van der Waals surface area contributed by atoms with Crippen LogP contribution >= 0.6 is 0 Å². The first-order chi connectivity index (χ1) is 10.6. The Bertz CT molecular complexity index is 557. The van der Waals surface area contributed by atoms with Crippen LogP contribution in [0.15, 0.2) is 18.2 Å². The second-order valence-corrected chi connectivity index (χ2v) is 5.27. The predicted octanol–water partition coefficient (Wildman–Crippen LogP) is 1.83. The highest BCUT2D eigenvalue weighted by Gasteiger charge is 2.30. The molecule has 1 unspecified atom stereocenters. The number of rotatable bonds is 7. The highest BCUT2D eigenvalue weighted by atomic mass is 16.5. The number of Topliss-reactive ketones (excluding diaryl/α,β-unsaturated/α-hetero) is 1. The molecule has 1 aliphatic heterocycles. The summed E-state index contributed by atoms with van der Waals surface area (Å²) >= 11 is 0. The molecule has 1 saturated heterocycles. The van der Waals surface area contributed by atoms with E-state index in [1.165, 1.54) is 14.2 Å². The number of carbonyl (C=O) groups excluding carboxylic acids is 1. The van der Waals surface area contributed by atoms with Crippen LogP contribution in [0.5, 0.6) is 11.5 Å². The lowest BCUT2D eigenvalue weighted by Crippen LogP contribution is -2.37. The Balaban J connectivity index is 2.04. The lowest BCUT2D eigenvalue weighted by Gasteiger charge is -2.20. The fraction of sp³-hybridized carbons (Fsp3) is 0.500. The Labute approximate surface area is 129 Å². The van der Waals surface area contributed by atoms with E-state index in [0.29, 0.717) is 30.0 Å². The summed E-state index contributed by atoms with van der Waals surface area (Å²) in [6.07, 6.45) is 1.76. The molecule has 6 heteroatoms. The predicted molar refractivity (Wildman–Crippen MR) is 80.7 cm³/mol. The summed E-state index contributed by atoms with van der Waals surface area (Å²) in [6, 6.07) is 4.61. The van der Waals surface area contributed by atoms with Gasteiger partial charge in [-0.3, -0.25) is 14.5 Å². The maximum atomic E-state index is 12.4. The Morgan fingerprint density at radius 3 is 2.73 bits per heavy atom. The molecule has 1 aromatic carbocycles. The minimum atomic E-state index is -0.816. The monoisotopic (exact) mass is 307 g/mol. The fourth-order valence-electron chi connectivity index (χ4n) is 2.79. The molecule has 0 bridgehead atoms. The minimum absolute atomic E-state index is 0.0770. The summed E-state index contributed by atoms with van der Waals surface area (Å²) in [6.45, 7) is 1.16. The quantitative estimate of drug-likeness (QED) is 0.774. The van der Waals surface area contributed by atoms with Crippen LogP contribution in [0.2, 0.25) is 0 Å². The first kappa shape index (κ1) is 16.3. The normalized spacial score (nSPS) is 18.2. The van der Waals surface area contributed by atoms with E-state index in [4.69, 9.17) is 14.6 Å². The van der Waals surface area contributed by atoms with Crippen molar-refractivity contribution in [3.05, 3.63) is 23.8 Å². The number of carboxylic acids is 1. The topological polar surface area (TPSA) is 76.1 Å².